The predicted octanol–water partition coefficient (Wildman–Crippen LogP) is 4.37. The summed E-state index contributed by atoms with van der Waals surface area (Å²) in [4.78, 5) is 18.8. The Morgan fingerprint density at radius 3 is 2.92 bits per heavy atom. The molecule has 1 N–H and O–H groups in total. The van der Waals surface area contributed by atoms with E-state index in [1.807, 2.05) is 18.2 Å². The molecular formula is C19H17N3OS. The molecule has 2 aliphatic rings. The SMILES string of the molecule is C[C@@H]1CC(=O)C2=C(C1)Nc1nc3ccccc3n1[C@@H]2c1cccs1. The number of anilines is 1. The second-order valence-corrected chi connectivity index (χ2v) is 7.65. The van der Waals surface area contributed by atoms with E-state index < -0.39 is 0 Å². The van der Waals surface area contributed by atoms with Crippen molar-refractivity contribution >= 4 is 34.1 Å². The standard InChI is InChI=1S/C19H17N3OS/c1-11-9-13-17(15(23)10-11)18(16-7-4-8-24-16)22-14-6-3-2-5-12(14)20-19(22)21-13/h2-8,11,18H,9-10H2,1H3,(H,20,21)/t11-,18+/m0/s1. The Morgan fingerprint density at radius 2 is 2.08 bits per heavy atom. The lowest BCUT2D eigenvalue weighted by molar-refractivity contribution is -0.117. The van der Waals surface area contributed by atoms with E-state index in [1.165, 1.54) is 4.88 Å². The van der Waals surface area contributed by atoms with Crippen LogP contribution in [0.4, 0.5) is 5.95 Å². The first-order chi connectivity index (χ1) is 11.7. The molecule has 5 heteroatoms. The fraction of sp³-hybridized carbons (Fsp3) is 0.263. The average molecular weight is 335 g/mol. The van der Waals surface area contributed by atoms with E-state index in [-0.39, 0.29) is 11.8 Å². The molecule has 3 aromatic rings. The van der Waals surface area contributed by atoms with E-state index in [0.29, 0.717) is 12.3 Å². The first-order valence-corrected chi connectivity index (χ1v) is 9.14. The Hall–Kier alpha value is -2.40. The lowest BCUT2D eigenvalue weighted by Gasteiger charge is -2.34. The maximum atomic E-state index is 12.9. The van der Waals surface area contributed by atoms with Crippen LogP contribution in [0.3, 0.4) is 0 Å². The minimum Gasteiger partial charge on any atom is -0.329 e. The highest BCUT2D eigenvalue weighted by molar-refractivity contribution is 7.10. The predicted molar refractivity (Wildman–Crippen MR) is 96.2 cm³/mol. The van der Waals surface area contributed by atoms with Crippen molar-refractivity contribution in [2.45, 2.75) is 25.8 Å². The van der Waals surface area contributed by atoms with Crippen molar-refractivity contribution in [3.05, 3.63) is 57.9 Å². The van der Waals surface area contributed by atoms with Crippen molar-refractivity contribution in [1.29, 1.82) is 0 Å². The van der Waals surface area contributed by atoms with Gasteiger partial charge in [0, 0.05) is 22.6 Å². The van der Waals surface area contributed by atoms with Crippen LogP contribution < -0.4 is 5.32 Å². The third-order valence-electron chi connectivity index (χ3n) is 4.91. The minimum absolute atomic E-state index is 0.0661. The summed E-state index contributed by atoms with van der Waals surface area (Å²) in [5.74, 6) is 1.48. The van der Waals surface area contributed by atoms with Crippen LogP contribution in [0.25, 0.3) is 11.0 Å². The Balaban J connectivity index is 1.81. The zero-order valence-electron chi connectivity index (χ0n) is 13.3. The summed E-state index contributed by atoms with van der Waals surface area (Å²) in [6, 6.07) is 12.2. The molecule has 1 aromatic carbocycles. The van der Waals surface area contributed by atoms with Gasteiger partial charge in [0.25, 0.3) is 0 Å². The van der Waals surface area contributed by atoms with Gasteiger partial charge in [-0.25, -0.2) is 4.98 Å². The number of allylic oxidation sites excluding steroid dienone is 2. The van der Waals surface area contributed by atoms with Gasteiger partial charge in [0.1, 0.15) is 6.04 Å². The summed E-state index contributed by atoms with van der Waals surface area (Å²) < 4.78 is 2.19. The van der Waals surface area contributed by atoms with Gasteiger partial charge in [-0.1, -0.05) is 25.1 Å². The van der Waals surface area contributed by atoms with Crippen LogP contribution in [-0.2, 0) is 4.79 Å². The van der Waals surface area contributed by atoms with Crippen LogP contribution in [-0.4, -0.2) is 15.3 Å². The van der Waals surface area contributed by atoms with Gasteiger partial charge < -0.3 is 5.32 Å². The molecule has 0 spiro atoms. The molecule has 0 radical (unpaired) electrons. The van der Waals surface area contributed by atoms with Crippen molar-refractivity contribution in [2.75, 3.05) is 5.32 Å². The van der Waals surface area contributed by atoms with E-state index in [4.69, 9.17) is 4.98 Å². The van der Waals surface area contributed by atoms with Crippen molar-refractivity contribution in [3.8, 4) is 0 Å². The monoisotopic (exact) mass is 335 g/mol. The minimum atomic E-state index is -0.0661. The van der Waals surface area contributed by atoms with Crippen LogP contribution in [0.2, 0.25) is 0 Å². The average Bonchev–Trinajstić information content (AvgIpc) is 3.20. The molecule has 0 bridgehead atoms. The molecule has 0 amide bonds. The number of aromatic nitrogens is 2. The van der Waals surface area contributed by atoms with Crippen molar-refractivity contribution < 1.29 is 4.79 Å². The summed E-state index contributed by atoms with van der Waals surface area (Å²) in [6.45, 7) is 2.14. The number of nitrogens with one attached hydrogen (secondary N) is 1. The van der Waals surface area contributed by atoms with Crippen molar-refractivity contribution in [2.24, 2.45) is 5.92 Å². The summed E-state index contributed by atoms with van der Waals surface area (Å²) in [5, 5.41) is 5.53. The fourth-order valence-electron chi connectivity index (χ4n) is 3.94. The smallest absolute Gasteiger partial charge is 0.209 e. The normalized spacial score (nSPS) is 23.1. The molecule has 3 heterocycles. The number of Topliss-reactive ketones (excluding diaryl/α,β-unsaturated/α-hetero) is 1. The maximum absolute atomic E-state index is 12.9. The number of carbonyl (C=O) groups excluding carboxylic acids is 1. The zero-order valence-corrected chi connectivity index (χ0v) is 14.1. The van der Waals surface area contributed by atoms with Gasteiger partial charge in [-0.3, -0.25) is 9.36 Å². The van der Waals surface area contributed by atoms with E-state index in [2.05, 4.69) is 40.4 Å². The number of fused-ring (bicyclic) bond motifs is 3. The molecule has 0 saturated carbocycles. The van der Waals surface area contributed by atoms with E-state index in [0.717, 1.165) is 34.7 Å². The van der Waals surface area contributed by atoms with Gasteiger partial charge >= 0.3 is 0 Å². The summed E-state index contributed by atoms with van der Waals surface area (Å²) in [6.07, 6.45) is 1.54. The van der Waals surface area contributed by atoms with Crippen molar-refractivity contribution in [1.82, 2.24) is 9.55 Å². The number of hydrogen-bond donors (Lipinski definition) is 1. The number of benzene rings is 1. The lowest BCUT2D eigenvalue weighted by Crippen LogP contribution is -2.32. The number of ketones is 1. The lowest BCUT2D eigenvalue weighted by atomic mass is 9.82. The molecule has 1 aliphatic carbocycles. The second kappa shape index (κ2) is 5.05. The number of carbonyl (C=O) groups is 1. The third kappa shape index (κ3) is 1.91. The molecule has 2 aromatic heterocycles. The molecule has 2 atom stereocenters. The first kappa shape index (κ1) is 14.0. The molecule has 1 aliphatic heterocycles. The Bertz CT molecular complexity index is 983. The first-order valence-electron chi connectivity index (χ1n) is 8.26. The quantitative estimate of drug-likeness (QED) is 0.718. The number of hydrogen-bond acceptors (Lipinski definition) is 4. The third-order valence-corrected chi connectivity index (χ3v) is 5.84. The van der Waals surface area contributed by atoms with E-state index >= 15 is 0 Å². The van der Waals surface area contributed by atoms with Gasteiger partial charge in [-0.05, 0) is 35.9 Å². The number of nitrogens with zero attached hydrogens (tertiary/aromatic N) is 2. The highest BCUT2D eigenvalue weighted by atomic mass is 32.1. The van der Waals surface area contributed by atoms with Gasteiger partial charge in [0.15, 0.2) is 5.78 Å². The van der Waals surface area contributed by atoms with Gasteiger partial charge in [-0.2, -0.15) is 0 Å². The molecule has 0 saturated heterocycles. The van der Waals surface area contributed by atoms with Crippen LogP contribution in [0.1, 0.15) is 30.7 Å². The van der Waals surface area contributed by atoms with Crippen LogP contribution in [0, 0.1) is 5.92 Å². The molecule has 24 heavy (non-hydrogen) atoms. The number of rotatable bonds is 1. The molecule has 120 valence electrons. The highest BCUT2D eigenvalue weighted by Gasteiger charge is 2.38. The topological polar surface area (TPSA) is 46.9 Å². The van der Waals surface area contributed by atoms with Crippen LogP contribution in [0.15, 0.2) is 53.0 Å². The van der Waals surface area contributed by atoms with Gasteiger partial charge in [0.2, 0.25) is 5.95 Å². The van der Waals surface area contributed by atoms with Gasteiger partial charge in [0.05, 0.1) is 11.0 Å². The van der Waals surface area contributed by atoms with Crippen molar-refractivity contribution in [3.63, 3.8) is 0 Å². The summed E-state index contributed by atoms with van der Waals surface area (Å²) in [5.41, 5.74) is 4.00. The van der Waals surface area contributed by atoms with Crippen LogP contribution in [0.5, 0.6) is 0 Å². The Morgan fingerprint density at radius 1 is 1.21 bits per heavy atom. The molecule has 5 rings (SSSR count). The maximum Gasteiger partial charge on any atom is 0.209 e. The zero-order chi connectivity index (χ0) is 16.3. The number of para-hydroxylation sites is 2. The molecular weight excluding hydrogens is 318 g/mol. The van der Waals surface area contributed by atoms with Gasteiger partial charge in [-0.15, -0.1) is 11.3 Å². The second-order valence-electron chi connectivity index (χ2n) is 6.67. The Labute approximate surface area is 143 Å². The van der Waals surface area contributed by atoms with E-state index in [1.54, 1.807) is 11.3 Å². The molecule has 4 nitrogen and oxygen atoms in total. The number of thiophene rings is 1. The van der Waals surface area contributed by atoms with E-state index in [9.17, 15) is 4.79 Å². The largest absolute Gasteiger partial charge is 0.329 e. The summed E-state index contributed by atoms with van der Waals surface area (Å²) in [7, 11) is 0. The summed E-state index contributed by atoms with van der Waals surface area (Å²) >= 11 is 1.70. The van der Waals surface area contributed by atoms with Crippen LogP contribution >= 0.6 is 11.3 Å². The number of imidazole rings is 1. The Kier molecular flexibility index (Phi) is 2.94. The fourth-order valence-corrected chi connectivity index (χ4v) is 4.76. The molecule has 0 fully saturated rings. The molecule has 0 unspecified atom stereocenters. The highest BCUT2D eigenvalue weighted by Crippen LogP contribution is 2.44.